The number of imide groups is 2. The maximum absolute atomic E-state index is 13.7. The molecule has 2 rings (SSSR count). The van der Waals surface area contributed by atoms with Crippen LogP contribution in [0.5, 0.6) is 0 Å². The van der Waals surface area contributed by atoms with Gasteiger partial charge in [-0.3, -0.25) is 67.3 Å². The van der Waals surface area contributed by atoms with Gasteiger partial charge in [-0.15, -0.1) is 0 Å². The maximum Gasteiger partial charge on any atom is 0.325 e. The van der Waals surface area contributed by atoms with E-state index in [0.29, 0.717) is 9.80 Å². The lowest BCUT2D eigenvalue weighted by Crippen LogP contribution is -2.66. The summed E-state index contributed by atoms with van der Waals surface area (Å²) in [7, 11) is 0. The van der Waals surface area contributed by atoms with Gasteiger partial charge < -0.3 is 70.5 Å². The highest BCUT2D eigenvalue weighted by Gasteiger charge is 2.50. The smallest absolute Gasteiger partial charge is 0.325 e. The lowest BCUT2D eigenvalue weighted by atomic mass is 10.0. The summed E-state index contributed by atoms with van der Waals surface area (Å²) < 4.78 is 32.4. The molecule has 6 unspecified atom stereocenters. The van der Waals surface area contributed by atoms with Crippen LogP contribution in [0.3, 0.4) is 0 Å². The van der Waals surface area contributed by atoms with Crippen LogP contribution in [0.2, 0.25) is 0 Å². The van der Waals surface area contributed by atoms with Crippen molar-refractivity contribution in [2.75, 3.05) is 92.4 Å². The van der Waals surface area contributed by atoms with Crippen molar-refractivity contribution in [3.63, 3.8) is 0 Å². The van der Waals surface area contributed by atoms with E-state index >= 15 is 0 Å². The van der Waals surface area contributed by atoms with E-state index in [0.717, 1.165) is 24.3 Å². The monoisotopic (exact) mass is 998 g/mol. The molecule has 2 aliphatic heterocycles. The lowest BCUT2D eigenvalue weighted by molar-refractivity contribution is -0.156. The Balaban J connectivity index is 1.74. The van der Waals surface area contributed by atoms with Crippen LogP contribution in [-0.4, -0.2) is 220 Å². The number of ether oxygens (including phenoxy) is 6. The zero-order valence-electron chi connectivity index (χ0n) is 39.2. The van der Waals surface area contributed by atoms with Gasteiger partial charge in [0, 0.05) is 50.2 Å². The number of nitrogens with zero attached hydrogens (tertiary/aromatic N) is 2. The minimum atomic E-state index is -2.00. The van der Waals surface area contributed by atoms with E-state index in [1.807, 2.05) is 0 Å². The summed E-state index contributed by atoms with van der Waals surface area (Å²) in [5.74, 6) is -10.7. The van der Waals surface area contributed by atoms with Crippen molar-refractivity contribution >= 4 is 71.0 Å². The number of aliphatic carboxylic acids is 2. The Kier molecular flexibility index (Phi) is 27.3. The van der Waals surface area contributed by atoms with Crippen molar-refractivity contribution < 1.29 is 96.2 Å². The number of carbonyl (C=O) groups is 12. The van der Waals surface area contributed by atoms with Crippen molar-refractivity contribution in [1.82, 2.24) is 41.7 Å². The van der Waals surface area contributed by atoms with Crippen LogP contribution < -0.4 is 31.9 Å². The highest BCUT2D eigenvalue weighted by molar-refractivity contribution is 6.18. The van der Waals surface area contributed by atoms with Gasteiger partial charge in [0.05, 0.1) is 79.3 Å². The highest BCUT2D eigenvalue weighted by atomic mass is 16.5. The molecular weight excluding hydrogens is 936 g/mol. The fourth-order valence-corrected chi connectivity index (χ4v) is 5.85. The third-order valence-corrected chi connectivity index (χ3v) is 9.61. The SMILES string of the molecule is CC(NC(=O)C(C)NC(=O)CCOCCOCCOCCNC(=O)C(C(C(=O)NCCOCCOCCOCCC(=O)NC(C)C(=O)NC(C)C(=O)O)N1C(=O)C=CC1=O)N1C(=O)C=CC1=O)C(=O)O. The molecule has 70 heavy (non-hydrogen) atoms. The first kappa shape index (κ1) is 59.4. The normalized spacial score (nSPS) is 15.7. The Morgan fingerprint density at radius 1 is 0.414 bits per heavy atom. The second-order valence-electron chi connectivity index (χ2n) is 15.1. The van der Waals surface area contributed by atoms with Crippen molar-refractivity contribution in [1.29, 1.82) is 0 Å². The van der Waals surface area contributed by atoms with Crippen molar-refractivity contribution in [2.24, 2.45) is 0 Å². The molecule has 390 valence electrons. The molecule has 0 radical (unpaired) electrons. The Morgan fingerprint density at radius 3 is 0.971 bits per heavy atom. The molecule has 10 amide bonds. The molecule has 6 atom stereocenters. The third kappa shape index (κ3) is 21.7. The first-order chi connectivity index (χ1) is 33.3. The first-order valence-electron chi connectivity index (χ1n) is 22.0. The summed E-state index contributed by atoms with van der Waals surface area (Å²) in [5.41, 5.74) is 0. The van der Waals surface area contributed by atoms with Crippen LogP contribution in [-0.2, 0) is 86.0 Å². The fourth-order valence-electron chi connectivity index (χ4n) is 5.85. The van der Waals surface area contributed by atoms with E-state index in [9.17, 15) is 57.5 Å². The second kappa shape index (κ2) is 32.2. The molecule has 0 aromatic rings. The van der Waals surface area contributed by atoms with Gasteiger partial charge in [-0.1, -0.05) is 0 Å². The summed E-state index contributed by atoms with van der Waals surface area (Å²) in [6, 6.07) is -8.15. The van der Waals surface area contributed by atoms with Crippen molar-refractivity contribution in [3.05, 3.63) is 24.3 Å². The largest absolute Gasteiger partial charge is 0.480 e. The van der Waals surface area contributed by atoms with E-state index in [2.05, 4.69) is 31.9 Å². The van der Waals surface area contributed by atoms with Crippen LogP contribution in [0.4, 0.5) is 0 Å². The average molecular weight is 999 g/mol. The summed E-state index contributed by atoms with van der Waals surface area (Å²) in [5, 5.41) is 32.1. The predicted molar refractivity (Wildman–Crippen MR) is 235 cm³/mol. The summed E-state index contributed by atoms with van der Waals surface area (Å²) in [4.78, 5) is 149. The maximum atomic E-state index is 13.7. The van der Waals surface area contributed by atoms with Crippen LogP contribution in [0.1, 0.15) is 40.5 Å². The van der Waals surface area contributed by atoms with Gasteiger partial charge in [0.25, 0.3) is 23.6 Å². The highest BCUT2D eigenvalue weighted by Crippen LogP contribution is 2.21. The zero-order chi connectivity index (χ0) is 52.2. The number of rotatable bonds is 37. The molecular formula is C42H62N8O20. The molecule has 0 bridgehead atoms. The molecule has 0 aromatic carbocycles. The Morgan fingerprint density at radius 2 is 0.686 bits per heavy atom. The topological polar surface area (TPSA) is 379 Å². The molecule has 2 aliphatic rings. The number of amides is 10. The van der Waals surface area contributed by atoms with Gasteiger partial charge in [-0.2, -0.15) is 0 Å². The number of hydrogen-bond acceptors (Lipinski definition) is 18. The van der Waals surface area contributed by atoms with Crippen molar-refractivity contribution in [2.45, 2.75) is 76.8 Å². The molecule has 2 heterocycles. The first-order valence-corrected chi connectivity index (χ1v) is 22.0. The molecule has 28 nitrogen and oxygen atoms in total. The van der Waals surface area contributed by atoms with E-state index in [1.165, 1.54) is 27.7 Å². The fraction of sp³-hybridized carbons (Fsp3) is 0.619. The summed E-state index contributed by atoms with van der Waals surface area (Å²) in [6.45, 7) is 5.60. The third-order valence-electron chi connectivity index (χ3n) is 9.61. The number of carboxylic acid groups (broad SMARTS) is 2. The minimum absolute atomic E-state index is 0.0154. The van der Waals surface area contributed by atoms with E-state index < -0.39 is 107 Å². The number of carbonyl (C=O) groups excluding carboxylic acids is 10. The quantitative estimate of drug-likeness (QED) is 0.0213. The van der Waals surface area contributed by atoms with E-state index in [-0.39, 0.29) is 105 Å². The Bertz CT molecular complexity index is 1760. The Labute approximate surface area is 401 Å². The lowest BCUT2D eigenvalue weighted by Gasteiger charge is -2.35. The molecule has 0 spiro atoms. The molecule has 0 aromatic heterocycles. The van der Waals surface area contributed by atoms with Gasteiger partial charge in [0.1, 0.15) is 36.3 Å². The standard InChI is InChI=1S/C42H62N8O20/c1-25(37(57)47-27(3)41(61)62)45-29(51)9-13-65-17-21-69-23-19-67-15-11-43-39(59)35(49-31(53)5-6-32(49)54)36(50-33(55)7-8-34(50)56)40(60)44-12-16-68-20-24-70-22-18-66-14-10-30(52)46-26(2)38(58)48-28(4)42(63)64/h5-8,25-28,35-36H,9-24H2,1-4H3,(H,43,59)(H,44,60)(H,45,51)(H,46,52)(H,47,57)(H,48,58)(H,61,62)(H,63,64). The predicted octanol–water partition coefficient (Wildman–Crippen LogP) is -5.13. The minimum Gasteiger partial charge on any atom is -0.480 e. The van der Waals surface area contributed by atoms with Gasteiger partial charge in [0.2, 0.25) is 35.4 Å². The zero-order valence-corrected chi connectivity index (χ0v) is 39.2. The van der Waals surface area contributed by atoms with Gasteiger partial charge >= 0.3 is 11.9 Å². The van der Waals surface area contributed by atoms with Gasteiger partial charge in [-0.25, -0.2) is 0 Å². The van der Waals surface area contributed by atoms with Crippen molar-refractivity contribution in [3.8, 4) is 0 Å². The molecule has 8 N–H and O–H groups in total. The van der Waals surface area contributed by atoms with Gasteiger partial charge in [0.15, 0.2) is 0 Å². The van der Waals surface area contributed by atoms with E-state index in [4.69, 9.17) is 38.6 Å². The number of hydrogen-bond donors (Lipinski definition) is 8. The van der Waals surface area contributed by atoms with Crippen LogP contribution >= 0.6 is 0 Å². The molecule has 0 saturated heterocycles. The summed E-state index contributed by atoms with van der Waals surface area (Å²) >= 11 is 0. The average Bonchev–Trinajstić information content (AvgIpc) is 3.81. The van der Waals surface area contributed by atoms with Crippen LogP contribution in [0.25, 0.3) is 0 Å². The van der Waals surface area contributed by atoms with Gasteiger partial charge in [-0.05, 0) is 27.7 Å². The van der Waals surface area contributed by atoms with Crippen LogP contribution in [0, 0.1) is 0 Å². The molecule has 0 aliphatic carbocycles. The molecule has 28 heteroatoms. The second-order valence-corrected chi connectivity index (χ2v) is 15.1. The molecule has 0 fully saturated rings. The summed E-state index contributed by atoms with van der Waals surface area (Å²) in [6.07, 6.45) is 3.33. The Hall–Kier alpha value is -6.72. The number of carboxylic acids is 2. The molecule has 0 saturated carbocycles. The van der Waals surface area contributed by atoms with E-state index in [1.54, 1.807) is 0 Å². The number of nitrogens with one attached hydrogen (secondary N) is 6. The van der Waals surface area contributed by atoms with Crippen LogP contribution in [0.15, 0.2) is 24.3 Å².